The van der Waals surface area contributed by atoms with Crippen LogP contribution in [0.25, 0.3) is 0 Å². The molecule has 72 valence electrons. The molecule has 0 radical (unpaired) electrons. The monoisotopic (exact) mass is 180 g/mol. The Kier molecular flexibility index (Phi) is 2.12. The highest BCUT2D eigenvalue weighted by molar-refractivity contribution is 5.03. The number of hydrogen-bond donors (Lipinski definition) is 1. The Morgan fingerprint density at radius 2 is 2.31 bits per heavy atom. The minimum Gasteiger partial charge on any atom is -0.391 e. The third-order valence-electron chi connectivity index (χ3n) is 2.77. The summed E-state index contributed by atoms with van der Waals surface area (Å²) >= 11 is 0. The van der Waals surface area contributed by atoms with Crippen molar-refractivity contribution in [2.24, 2.45) is 0 Å². The molecule has 2 rings (SSSR count). The van der Waals surface area contributed by atoms with Gasteiger partial charge in [-0.3, -0.25) is 0 Å². The normalized spacial score (nSPS) is 27.7. The first-order valence-corrected chi connectivity index (χ1v) is 4.91. The molecule has 0 spiro atoms. The number of aromatic nitrogens is 2. The van der Waals surface area contributed by atoms with Crippen molar-refractivity contribution in [3.8, 4) is 0 Å². The lowest BCUT2D eigenvalue weighted by Gasteiger charge is -2.34. The molecule has 3 nitrogen and oxygen atoms in total. The fourth-order valence-electron chi connectivity index (χ4n) is 1.84. The van der Waals surface area contributed by atoms with Gasteiger partial charge in [-0.25, -0.2) is 4.98 Å². The molecule has 2 unspecified atom stereocenters. The van der Waals surface area contributed by atoms with Crippen molar-refractivity contribution in [1.29, 1.82) is 0 Å². The van der Waals surface area contributed by atoms with E-state index in [2.05, 4.69) is 23.4 Å². The summed E-state index contributed by atoms with van der Waals surface area (Å²) in [5.41, 5.74) is 0. The van der Waals surface area contributed by atoms with E-state index in [9.17, 15) is 5.11 Å². The fourth-order valence-corrected chi connectivity index (χ4v) is 1.84. The zero-order valence-corrected chi connectivity index (χ0v) is 8.14. The maximum Gasteiger partial charge on any atom is 0.111 e. The van der Waals surface area contributed by atoms with Gasteiger partial charge in [-0.15, -0.1) is 0 Å². The first-order valence-electron chi connectivity index (χ1n) is 4.91. The van der Waals surface area contributed by atoms with Crippen LogP contribution in [0.15, 0.2) is 12.4 Å². The van der Waals surface area contributed by atoms with E-state index in [1.54, 1.807) is 0 Å². The van der Waals surface area contributed by atoms with Gasteiger partial charge in [0.25, 0.3) is 0 Å². The average molecular weight is 180 g/mol. The van der Waals surface area contributed by atoms with Crippen molar-refractivity contribution < 1.29 is 5.11 Å². The summed E-state index contributed by atoms with van der Waals surface area (Å²) < 4.78 is 2.12. The predicted molar refractivity (Wildman–Crippen MR) is 50.6 cm³/mol. The van der Waals surface area contributed by atoms with Gasteiger partial charge in [0.2, 0.25) is 0 Å². The molecule has 3 heteroatoms. The summed E-state index contributed by atoms with van der Waals surface area (Å²) in [6.07, 6.45) is 5.65. The van der Waals surface area contributed by atoms with E-state index in [-0.39, 0.29) is 12.1 Å². The second kappa shape index (κ2) is 3.14. The summed E-state index contributed by atoms with van der Waals surface area (Å²) in [5.74, 6) is 1.52. The molecular formula is C10H16N2O. The molecule has 0 aliphatic heterocycles. The molecule has 0 saturated heterocycles. The van der Waals surface area contributed by atoms with Crippen LogP contribution in [0.1, 0.15) is 44.5 Å². The van der Waals surface area contributed by atoms with Crippen molar-refractivity contribution in [2.75, 3.05) is 0 Å². The van der Waals surface area contributed by atoms with Crippen LogP contribution < -0.4 is 0 Å². The van der Waals surface area contributed by atoms with Gasteiger partial charge < -0.3 is 9.67 Å². The Bertz CT molecular complexity index is 293. The molecule has 13 heavy (non-hydrogen) atoms. The van der Waals surface area contributed by atoms with E-state index in [1.807, 2.05) is 12.4 Å². The maximum absolute atomic E-state index is 9.54. The molecule has 0 amide bonds. The van der Waals surface area contributed by atoms with Gasteiger partial charge in [-0.2, -0.15) is 0 Å². The number of nitrogens with zero attached hydrogens (tertiary/aromatic N) is 2. The Morgan fingerprint density at radius 1 is 1.54 bits per heavy atom. The summed E-state index contributed by atoms with van der Waals surface area (Å²) in [4.78, 5) is 4.30. The van der Waals surface area contributed by atoms with E-state index in [4.69, 9.17) is 0 Å². The van der Waals surface area contributed by atoms with Gasteiger partial charge in [-0.1, -0.05) is 13.8 Å². The van der Waals surface area contributed by atoms with Crippen LogP contribution in [0.5, 0.6) is 0 Å². The van der Waals surface area contributed by atoms with Gasteiger partial charge in [0.05, 0.1) is 12.1 Å². The van der Waals surface area contributed by atoms with Gasteiger partial charge in [0.1, 0.15) is 5.82 Å². The van der Waals surface area contributed by atoms with Gasteiger partial charge in [0.15, 0.2) is 0 Å². The first kappa shape index (κ1) is 8.75. The Hall–Kier alpha value is -0.830. The second-order valence-electron chi connectivity index (χ2n) is 4.06. The van der Waals surface area contributed by atoms with Crippen molar-refractivity contribution in [3.05, 3.63) is 18.2 Å². The SMILES string of the molecule is CC(C)c1nccn1C1CCC1O. The lowest BCUT2D eigenvalue weighted by molar-refractivity contribution is 0.0299. The third kappa shape index (κ3) is 1.37. The number of rotatable bonds is 2. The zero-order chi connectivity index (χ0) is 9.42. The van der Waals surface area contributed by atoms with Crippen LogP contribution in [0.2, 0.25) is 0 Å². The number of aliphatic hydroxyl groups excluding tert-OH is 1. The van der Waals surface area contributed by atoms with Crippen molar-refractivity contribution >= 4 is 0 Å². The number of aliphatic hydroxyl groups is 1. The van der Waals surface area contributed by atoms with Crippen LogP contribution in [-0.2, 0) is 0 Å². The van der Waals surface area contributed by atoms with Crippen LogP contribution in [0, 0.1) is 0 Å². The average Bonchev–Trinajstić information content (AvgIpc) is 2.50. The van der Waals surface area contributed by atoms with Gasteiger partial charge >= 0.3 is 0 Å². The zero-order valence-electron chi connectivity index (χ0n) is 8.14. The summed E-state index contributed by atoms with van der Waals surface area (Å²) in [7, 11) is 0. The maximum atomic E-state index is 9.54. The summed E-state index contributed by atoms with van der Waals surface area (Å²) in [5, 5.41) is 9.54. The Balaban J connectivity index is 2.24. The van der Waals surface area contributed by atoms with Gasteiger partial charge in [-0.05, 0) is 12.8 Å². The number of imidazole rings is 1. The minimum absolute atomic E-state index is 0.160. The topological polar surface area (TPSA) is 38.0 Å². The molecule has 1 aliphatic carbocycles. The molecule has 1 aliphatic rings. The number of hydrogen-bond acceptors (Lipinski definition) is 2. The summed E-state index contributed by atoms with van der Waals surface area (Å²) in [6.45, 7) is 4.26. The highest BCUT2D eigenvalue weighted by Crippen LogP contribution is 2.34. The smallest absolute Gasteiger partial charge is 0.111 e. The van der Waals surface area contributed by atoms with Crippen molar-refractivity contribution in [2.45, 2.75) is 44.8 Å². The second-order valence-corrected chi connectivity index (χ2v) is 4.06. The minimum atomic E-state index is -0.160. The molecule has 1 heterocycles. The van der Waals surface area contributed by atoms with E-state index in [1.165, 1.54) is 0 Å². The Labute approximate surface area is 78.4 Å². The predicted octanol–water partition coefficient (Wildman–Crippen LogP) is 1.70. The third-order valence-corrected chi connectivity index (χ3v) is 2.77. The van der Waals surface area contributed by atoms with Gasteiger partial charge in [0, 0.05) is 18.3 Å². The van der Waals surface area contributed by atoms with E-state index in [0.717, 1.165) is 18.7 Å². The van der Waals surface area contributed by atoms with Crippen LogP contribution >= 0.6 is 0 Å². The molecule has 2 atom stereocenters. The molecule has 1 aromatic rings. The fraction of sp³-hybridized carbons (Fsp3) is 0.700. The Morgan fingerprint density at radius 3 is 2.77 bits per heavy atom. The molecule has 1 aromatic heterocycles. The molecule has 1 saturated carbocycles. The highest BCUT2D eigenvalue weighted by Gasteiger charge is 2.31. The standard InChI is InChI=1S/C10H16N2O/c1-7(2)10-11-5-6-12(10)8-3-4-9(8)13/h5-9,13H,3-4H2,1-2H3. The highest BCUT2D eigenvalue weighted by atomic mass is 16.3. The van der Waals surface area contributed by atoms with Crippen molar-refractivity contribution in [1.82, 2.24) is 9.55 Å². The lowest BCUT2D eigenvalue weighted by atomic mass is 9.88. The van der Waals surface area contributed by atoms with E-state index in [0.29, 0.717) is 5.92 Å². The van der Waals surface area contributed by atoms with Crippen LogP contribution in [0.4, 0.5) is 0 Å². The first-order chi connectivity index (χ1) is 6.20. The lowest BCUT2D eigenvalue weighted by Crippen LogP contribution is -2.34. The summed E-state index contributed by atoms with van der Waals surface area (Å²) in [6, 6.07) is 0.278. The van der Waals surface area contributed by atoms with E-state index < -0.39 is 0 Å². The van der Waals surface area contributed by atoms with E-state index >= 15 is 0 Å². The molecule has 1 fully saturated rings. The quantitative estimate of drug-likeness (QED) is 0.752. The van der Waals surface area contributed by atoms with Crippen molar-refractivity contribution in [3.63, 3.8) is 0 Å². The molecule has 0 bridgehead atoms. The molecule has 1 N–H and O–H groups in total. The largest absolute Gasteiger partial charge is 0.391 e. The van der Waals surface area contributed by atoms with Crippen LogP contribution in [0.3, 0.4) is 0 Å². The molecular weight excluding hydrogens is 164 g/mol. The van der Waals surface area contributed by atoms with Crippen LogP contribution in [-0.4, -0.2) is 20.8 Å². The molecule has 0 aromatic carbocycles.